The lowest BCUT2D eigenvalue weighted by Gasteiger charge is -2.40. The molecule has 1 aliphatic carbocycles. The number of nitrogens with one attached hydrogen (secondary N) is 2. The SMILES string of the molecule is COC(=O)c1ccc([C@@H]2[C@@H]3C(=O)CC(C)(C)C=C3Nc3ccccc3N2C(=S)Nc2ccccc2)cc1. The highest BCUT2D eigenvalue weighted by atomic mass is 32.1. The van der Waals surface area contributed by atoms with Gasteiger partial charge >= 0.3 is 5.97 Å². The smallest absolute Gasteiger partial charge is 0.337 e. The number of fused-ring (bicyclic) bond motifs is 2. The van der Waals surface area contributed by atoms with E-state index in [1.165, 1.54) is 7.11 Å². The molecule has 0 unspecified atom stereocenters. The van der Waals surface area contributed by atoms with Crippen LogP contribution >= 0.6 is 12.2 Å². The Morgan fingerprint density at radius 3 is 2.41 bits per heavy atom. The van der Waals surface area contributed by atoms with Gasteiger partial charge in [-0.15, -0.1) is 0 Å². The zero-order chi connectivity index (χ0) is 26.2. The van der Waals surface area contributed by atoms with E-state index in [1.54, 1.807) is 12.1 Å². The molecule has 3 aromatic rings. The summed E-state index contributed by atoms with van der Waals surface area (Å²) in [4.78, 5) is 28.0. The molecule has 0 spiro atoms. The maximum Gasteiger partial charge on any atom is 0.337 e. The summed E-state index contributed by atoms with van der Waals surface area (Å²) in [5.74, 6) is -0.758. The number of thiocarbonyl (C=S) groups is 1. The van der Waals surface area contributed by atoms with Crippen LogP contribution in [0.5, 0.6) is 0 Å². The summed E-state index contributed by atoms with van der Waals surface area (Å²) in [7, 11) is 1.36. The van der Waals surface area contributed by atoms with Crippen molar-refractivity contribution in [3.63, 3.8) is 0 Å². The number of anilines is 3. The van der Waals surface area contributed by atoms with Gasteiger partial charge in [0.1, 0.15) is 5.78 Å². The first-order chi connectivity index (χ1) is 17.8. The van der Waals surface area contributed by atoms with Crippen LogP contribution in [0.15, 0.2) is 90.6 Å². The van der Waals surface area contributed by atoms with Gasteiger partial charge in [-0.25, -0.2) is 4.79 Å². The molecule has 37 heavy (non-hydrogen) atoms. The van der Waals surface area contributed by atoms with Gasteiger partial charge in [0.05, 0.1) is 36.0 Å². The van der Waals surface area contributed by atoms with Gasteiger partial charge in [-0.05, 0) is 59.6 Å². The van der Waals surface area contributed by atoms with Crippen molar-refractivity contribution < 1.29 is 14.3 Å². The largest absolute Gasteiger partial charge is 0.465 e. The number of methoxy groups -OCH3 is 1. The second-order valence-electron chi connectivity index (χ2n) is 10.1. The van der Waals surface area contributed by atoms with E-state index in [0.717, 1.165) is 28.3 Å². The first-order valence-electron chi connectivity index (χ1n) is 12.2. The number of carbonyl (C=O) groups is 2. The Bertz CT molecular complexity index is 1380. The second kappa shape index (κ2) is 9.82. The molecule has 2 N–H and O–H groups in total. The summed E-state index contributed by atoms with van der Waals surface area (Å²) in [6.07, 6.45) is 2.59. The molecule has 188 valence electrons. The van der Waals surface area contributed by atoms with Gasteiger partial charge in [-0.1, -0.05) is 62.4 Å². The number of esters is 1. The summed E-state index contributed by atoms with van der Waals surface area (Å²) in [6.45, 7) is 4.15. The minimum absolute atomic E-state index is 0.136. The molecule has 0 radical (unpaired) electrons. The first-order valence-corrected chi connectivity index (χ1v) is 12.6. The summed E-state index contributed by atoms with van der Waals surface area (Å²) in [6, 6.07) is 24.5. The van der Waals surface area contributed by atoms with Crippen LogP contribution < -0.4 is 15.5 Å². The number of hydrogen-bond acceptors (Lipinski definition) is 5. The van der Waals surface area contributed by atoms with E-state index in [9.17, 15) is 9.59 Å². The molecule has 7 heteroatoms. The molecule has 5 rings (SSSR count). The van der Waals surface area contributed by atoms with E-state index in [4.69, 9.17) is 17.0 Å². The Labute approximate surface area is 222 Å². The number of hydrogen-bond donors (Lipinski definition) is 2. The molecule has 1 aliphatic heterocycles. The van der Waals surface area contributed by atoms with Crippen LogP contribution in [0.25, 0.3) is 0 Å². The number of rotatable bonds is 3. The lowest BCUT2D eigenvalue weighted by molar-refractivity contribution is -0.124. The molecule has 0 fully saturated rings. The topological polar surface area (TPSA) is 70.7 Å². The number of Topliss-reactive ketones (excluding diaryl/α,β-unsaturated/α-hetero) is 1. The van der Waals surface area contributed by atoms with Crippen molar-refractivity contribution in [1.82, 2.24) is 0 Å². The van der Waals surface area contributed by atoms with E-state index in [1.807, 2.05) is 71.6 Å². The highest BCUT2D eigenvalue weighted by Gasteiger charge is 2.45. The third-order valence-corrected chi connectivity index (χ3v) is 7.11. The second-order valence-corrected chi connectivity index (χ2v) is 10.5. The molecular formula is C30H29N3O3S. The average molecular weight is 512 g/mol. The number of para-hydroxylation sites is 3. The van der Waals surface area contributed by atoms with E-state index in [0.29, 0.717) is 17.1 Å². The fourth-order valence-electron chi connectivity index (χ4n) is 5.21. The van der Waals surface area contributed by atoms with Crippen molar-refractivity contribution >= 4 is 46.1 Å². The Balaban J connectivity index is 1.70. The Hall–Kier alpha value is -3.97. The number of nitrogens with zero attached hydrogens (tertiary/aromatic N) is 1. The number of ketones is 1. The van der Waals surface area contributed by atoms with Gasteiger partial charge in [-0.3, -0.25) is 4.79 Å². The van der Waals surface area contributed by atoms with Crippen molar-refractivity contribution in [2.24, 2.45) is 11.3 Å². The fraction of sp³-hybridized carbons (Fsp3) is 0.233. The first kappa shape index (κ1) is 24.7. The summed E-state index contributed by atoms with van der Waals surface area (Å²) in [5.41, 5.74) is 4.49. The van der Waals surface area contributed by atoms with Crippen molar-refractivity contribution in [2.75, 3.05) is 22.6 Å². The van der Waals surface area contributed by atoms with Crippen molar-refractivity contribution in [3.05, 3.63) is 102 Å². The molecular weight excluding hydrogens is 482 g/mol. The monoisotopic (exact) mass is 511 g/mol. The van der Waals surface area contributed by atoms with Crippen LogP contribution in [-0.2, 0) is 9.53 Å². The Morgan fingerprint density at radius 1 is 1.03 bits per heavy atom. The van der Waals surface area contributed by atoms with E-state index in [2.05, 4.69) is 30.6 Å². The molecule has 3 aromatic carbocycles. The Kier molecular flexibility index (Phi) is 6.56. The predicted octanol–water partition coefficient (Wildman–Crippen LogP) is 6.34. The van der Waals surface area contributed by atoms with Gasteiger partial charge in [0.2, 0.25) is 0 Å². The number of carbonyl (C=O) groups excluding carboxylic acids is 2. The van der Waals surface area contributed by atoms with Crippen molar-refractivity contribution in [3.8, 4) is 0 Å². The van der Waals surface area contributed by atoms with Gasteiger partial charge in [-0.2, -0.15) is 0 Å². The molecule has 2 atom stereocenters. The molecule has 0 amide bonds. The summed E-state index contributed by atoms with van der Waals surface area (Å²) < 4.78 is 4.89. The molecule has 1 heterocycles. The lowest BCUT2D eigenvalue weighted by atomic mass is 9.72. The normalized spacial score (nSPS) is 19.9. The van der Waals surface area contributed by atoms with Crippen LogP contribution in [0.3, 0.4) is 0 Å². The zero-order valence-corrected chi connectivity index (χ0v) is 21.8. The average Bonchev–Trinajstić information content (AvgIpc) is 3.02. The summed E-state index contributed by atoms with van der Waals surface area (Å²) in [5, 5.41) is 7.42. The van der Waals surface area contributed by atoms with Crippen LogP contribution in [0, 0.1) is 11.3 Å². The van der Waals surface area contributed by atoms with E-state index < -0.39 is 17.9 Å². The number of benzene rings is 3. The molecule has 0 saturated carbocycles. The van der Waals surface area contributed by atoms with Crippen molar-refractivity contribution in [2.45, 2.75) is 26.3 Å². The van der Waals surface area contributed by atoms with E-state index in [-0.39, 0.29) is 11.2 Å². The number of ether oxygens (including phenoxy) is 1. The predicted molar refractivity (Wildman–Crippen MR) is 151 cm³/mol. The maximum absolute atomic E-state index is 13.8. The van der Waals surface area contributed by atoms with Gasteiger partial charge in [0.15, 0.2) is 5.11 Å². The minimum atomic E-state index is -0.486. The van der Waals surface area contributed by atoms with Crippen LogP contribution in [0.2, 0.25) is 0 Å². The van der Waals surface area contributed by atoms with Crippen LogP contribution in [0.1, 0.15) is 42.2 Å². The van der Waals surface area contributed by atoms with Gasteiger partial charge < -0.3 is 20.3 Å². The maximum atomic E-state index is 13.8. The number of allylic oxidation sites excluding steroid dienone is 1. The summed E-state index contributed by atoms with van der Waals surface area (Å²) >= 11 is 6.02. The molecule has 6 nitrogen and oxygen atoms in total. The molecule has 0 aromatic heterocycles. The fourth-order valence-corrected chi connectivity index (χ4v) is 5.54. The van der Waals surface area contributed by atoms with Crippen LogP contribution in [-0.4, -0.2) is 24.0 Å². The quantitative estimate of drug-likeness (QED) is 0.314. The highest BCUT2D eigenvalue weighted by Crippen LogP contribution is 2.48. The molecule has 2 aliphatic rings. The third-order valence-electron chi connectivity index (χ3n) is 6.81. The standard InChI is InChI=1S/C30H29N3O3S/c1-30(2)17-23-26(25(34)18-30)27(19-13-15-20(16-14-19)28(35)36-3)33(24-12-8-7-11-22(24)32-23)29(37)31-21-9-5-4-6-10-21/h4-17,26-27,32H,18H2,1-3H3,(H,31,37)/t26-,27+/m0/s1. The van der Waals surface area contributed by atoms with Crippen molar-refractivity contribution in [1.29, 1.82) is 0 Å². The van der Waals surface area contributed by atoms with E-state index >= 15 is 0 Å². The minimum Gasteiger partial charge on any atom is -0.465 e. The Morgan fingerprint density at radius 2 is 1.70 bits per heavy atom. The van der Waals surface area contributed by atoms with Crippen LogP contribution in [0.4, 0.5) is 17.1 Å². The van der Waals surface area contributed by atoms with Gasteiger partial charge in [0, 0.05) is 17.8 Å². The molecule has 0 bridgehead atoms. The highest BCUT2D eigenvalue weighted by molar-refractivity contribution is 7.80. The lowest BCUT2D eigenvalue weighted by Crippen LogP contribution is -2.45. The van der Waals surface area contributed by atoms with Gasteiger partial charge in [0.25, 0.3) is 0 Å². The third kappa shape index (κ3) is 4.87. The molecule has 0 saturated heterocycles. The zero-order valence-electron chi connectivity index (χ0n) is 21.0.